The summed E-state index contributed by atoms with van der Waals surface area (Å²) in [6, 6.07) is 15.4. The van der Waals surface area contributed by atoms with E-state index in [-0.39, 0.29) is 0 Å². The van der Waals surface area contributed by atoms with E-state index in [4.69, 9.17) is 11.6 Å². The molecule has 5 nitrogen and oxygen atoms in total. The number of aromatic nitrogens is 2. The highest BCUT2D eigenvalue weighted by Crippen LogP contribution is 2.22. The largest absolute Gasteiger partial charge is 0.389 e. The number of nitrogens with zero attached hydrogens (tertiary/aromatic N) is 3. The molecule has 1 aromatic carbocycles. The predicted octanol–water partition coefficient (Wildman–Crippen LogP) is 4.03. The molecule has 0 amide bonds. The highest BCUT2D eigenvalue weighted by Gasteiger charge is 2.35. The summed E-state index contributed by atoms with van der Waals surface area (Å²) in [7, 11) is 0. The number of aliphatic hydroxyl groups is 2. The first-order chi connectivity index (χ1) is 15.9. The first-order valence-corrected chi connectivity index (χ1v) is 11.3. The number of β-amino-alcohol motifs (C(OH)–C–C–N with tert-alkyl or cyclic N) is 1. The van der Waals surface area contributed by atoms with Crippen LogP contribution in [0.25, 0.3) is 17.2 Å². The molecular weight excluding hydrogens is 434 g/mol. The third kappa shape index (κ3) is 6.28. The molecule has 1 saturated heterocycles. The molecule has 2 atom stereocenters. The van der Waals surface area contributed by atoms with Crippen LogP contribution in [0.15, 0.2) is 67.0 Å². The molecule has 4 rings (SSSR count). The fourth-order valence-corrected chi connectivity index (χ4v) is 3.69. The fourth-order valence-electron chi connectivity index (χ4n) is 3.57. The van der Waals surface area contributed by atoms with Crippen molar-refractivity contribution >= 4 is 17.7 Å². The SMILES string of the molecule is C[C@@]1(O)CCN(CC=Cc2ccc(C#Cc3ccc(-c4ccc(Cl)cc4)cn3)cn2)C[C@@H]1O. The lowest BCUT2D eigenvalue weighted by Gasteiger charge is -2.39. The summed E-state index contributed by atoms with van der Waals surface area (Å²) in [6.07, 6.45) is 7.36. The van der Waals surface area contributed by atoms with Gasteiger partial charge in [0.2, 0.25) is 0 Å². The van der Waals surface area contributed by atoms with Crippen LogP contribution in [0, 0.1) is 11.8 Å². The van der Waals surface area contributed by atoms with E-state index in [2.05, 4.69) is 26.7 Å². The molecule has 33 heavy (non-hydrogen) atoms. The Morgan fingerprint density at radius 3 is 2.52 bits per heavy atom. The average molecular weight is 460 g/mol. The first kappa shape index (κ1) is 23.2. The molecule has 168 valence electrons. The van der Waals surface area contributed by atoms with Gasteiger partial charge in [-0.05, 0) is 61.2 Å². The molecule has 1 aliphatic rings. The molecule has 0 bridgehead atoms. The second-order valence-electron chi connectivity index (χ2n) is 8.45. The minimum Gasteiger partial charge on any atom is -0.389 e. The fraction of sp³-hybridized carbons (Fsp3) is 0.259. The molecular formula is C27H26ClN3O2. The van der Waals surface area contributed by atoms with E-state index < -0.39 is 11.7 Å². The zero-order chi connectivity index (χ0) is 23.3. The smallest absolute Gasteiger partial charge is 0.113 e. The van der Waals surface area contributed by atoms with Crippen LogP contribution in [-0.4, -0.2) is 56.4 Å². The van der Waals surface area contributed by atoms with E-state index in [1.54, 1.807) is 13.1 Å². The van der Waals surface area contributed by atoms with Crippen molar-refractivity contribution in [2.75, 3.05) is 19.6 Å². The van der Waals surface area contributed by atoms with Gasteiger partial charge in [-0.2, -0.15) is 0 Å². The van der Waals surface area contributed by atoms with Crippen LogP contribution in [0.3, 0.4) is 0 Å². The number of hydrogen-bond donors (Lipinski definition) is 2. The maximum Gasteiger partial charge on any atom is 0.113 e. The zero-order valence-electron chi connectivity index (χ0n) is 18.4. The van der Waals surface area contributed by atoms with E-state index in [9.17, 15) is 10.2 Å². The maximum absolute atomic E-state index is 10.1. The molecule has 2 N–H and O–H groups in total. The molecule has 1 aliphatic heterocycles. The van der Waals surface area contributed by atoms with Crippen molar-refractivity contribution in [2.45, 2.75) is 25.0 Å². The summed E-state index contributed by atoms with van der Waals surface area (Å²) in [5, 5.41) is 20.8. The Balaban J connectivity index is 1.32. The number of rotatable bonds is 4. The Bertz CT molecular complexity index is 1160. The standard InChI is InChI=1S/C27H26ClN3O2/c1-27(33)14-16-31(19-26(27)32)15-2-3-24-11-4-20(17-29-24)5-12-25-13-8-22(18-30-25)21-6-9-23(28)10-7-21/h2-4,6-11,13,17-18,26,32-33H,14-16,19H2,1H3/t26-,27+/m0/s1. The van der Waals surface area contributed by atoms with Crippen LogP contribution in [0.4, 0.5) is 0 Å². The molecule has 6 heteroatoms. The molecule has 1 fully saturated rings. The lowest BCUT2D eigenvalue weighted by atomic mass is 9.91. The van der Waals surface area contributed by atoms with Gasteiger partial charge in [0.1, 0.15) is 5.69 Å². The summed E-state index contributed by atoms with van der Waals surface area (Å²) in [4.78, 5) is 11.0. The van der Waals surface area contributed by atoms with Crippen LogP contribution in [-0.2, 0) is 0 Å². The van der Waals surface area contributed by atoms with Gasteiger partial charge < -0.3 is 10.2 Å². The monoisotopic (exact) mass is 459 g/mol. The molecule has 0 aliphatic carbocycles. The van der Waals surface area contributed by atoms with Crippen molar-refractivity contribution in [3.05, 3.63) is 89.0 Å². The third-order valence-corrected chi connectivity index (χ3v) is 6.05. The van der Waals surface area contributed by atoms with Crippen molar-refractivity contribution in [3.8, 4) is 23.0 Å². The van der Waals surface area contributed by atoms with Crippen LogP contribution >= 0.6 is 11.6 Å². The third-order valence-electron chi connectivity index (χ3n) is 5.80. The van der Waals surface area contributed by atoms with E-state index in [1.807, 2.05) is 66.9 Å². The van der Waals surface area contributed by atoms with Gasteiger partial charge in [0, 0.05) is 48.2 Å². The summed E-state index contributed by atoms with van der Waals surface area (Å²) in [5.41, 5.74) is 3.43. The van der Waals surface area contributed by atoms with E-state index >= 15 is 0 Å². The Kier molecular flexibility index (Phi) is 7.22. The number of piperidine rings is 1. The Labute approximate surface area is 199 Å². The van der Waals surface area contributed by atoms with Crippen LogP contribution < -0.4 is 0 Å². The normalized spacial score (nSPS) is 21.0. The van der Waals surface area contributed by atoms with Gasteiger partial charge in [0.25, 0.3) is 0 Å². The van der Waals surface area contributed by atoms with Crippen molar-refractivity contribution in [2.24, 2.45) is 0 Å². The number of halogens is 1. The number of aliphatic hydroxyl groups excluding tert-OH is 1. The molecule has 2 aromatic heterocycles. The van der Waals surface area contributed by atoms with E-state index in [0.29, 0.717) is 30.2 Å². The number of pyridine rings is 2. The van der Waals surface area contributed by atoms with Gasteiger partial charge in [0.15, 0.2) is 0 Å². The van der Waals surface area contributed by atoms with Gasteiger partial charge in [-0.25, -0.2) is 4.98 Å². The highest BCUT2D eigenvalue weighted by atomic mass is 35.5. The number of benzene rings is 1. The lowest BCUT2D eigenvalue weighted by molar-refractivity contribution is -0.105. The lowest BCUT2D eigenvalue weighted by Crippen LogP contribution is -2.53. The van der Waals surface area contributed by atoms with Gasteiger partial charge in [-0.1, -0.05) is 41.8 Å². The summed E-state index contributed by atoms with van der Waals surface area (Å²) in [5.74, 6) is 6.17. The first-order valence-electron chi connectivity index (χ1n) is 10.9. The van der Waals surface area contributed by atoms with Crippen LogP contribution in [0.2, 0.25) is 5.02 Å². The van der Waals surface area contributed by atoms with Crippen molar-refractivity contribution in [1.82, 2.24) is 14.9 Å². The predicted molar refractivity (Wildman–Crippen MR) is 132 cm³/mol. The van der Waals surface area contributed by atoms with Gasteiger partial charge >= 0.3 is 0 Å². The summed E-state index contributed by atoms with van der Waals surface area (Å²) >= 11 is 5.94. The molecule has 0 radical (unpaired) electrons. The Hall–Kier alpha value is -3.01. The highest BCUT2D eigenvalue weighted by molar-refractivity contribution is 6.30. The van der Waals surface area contributed by atoms with E-state index in [0.717, 1.165) is 28.9 Å². The second kappa shape index (κ2) is 10.3. The maximum atomic E-state index is 10.1. The molecule has 3 aromatic rings. The molecule has 3 heterocycles. The number of likely N-dealkylation sites (tertiary alicyclic amines) is 1. The summed E-state index contributed by atoms with van der Waals surface area (Å²) in [6.45, 7) is 3.61. The topological polar surface area (TPSA) is 69.5 Å². The zero-order valence-corrected chi connectivity index (χ0v) is 19.2. The minimum absolute atomic E-state index is 0.466. The van der Waals surface area contributed by atoms with Crippen LogP contribution in [0.1, 0.15) is 30.3 Å². The van der Waals surface area contributed by atoms with Crippen LogP contribution in [0.5, 0.6) is 0 Å². The Morgan fingerprint density at radius 1 is 1.06 bits per heavy atom. The average Bonchev–Trinajstić information content (AvgIpc) is 2.82. The van der Waals surface area contributed by atoms with Gasteiger partial charge in [-0.15, -0.1) is 0 Å². The second-order valence-corrected chi connectivity index (χ2v) is 8.88. The summed E-state index contributed by atoms with van der Waals surface area (Å²) < 4.78 is 0. The quantitative estimate of drug-likeness (QED) is 0.576. The van der Waals surface area contributed by atoms with Gasteiger partial charge in [0.05, 0.1) is 17.4 Å². The number of hydrogen-bond acceptors (Lipinski definition) is 5. The van der Waals surface area contributed by atoms with Crippen molar-refractivity contribution in [3.63, 3.8) is 0 Å². The molecule has 0 saturated carbocycles. The minimum atomic E-state index is -0.993. The van der Waals surface area contributed by atoms with Gasteiger partial charge in [-0.3, -0.25) is 9.88 Å². The molecule has 0 unspecified atom stereocenters. The van der Waals surface area contributed by atoms with Crippen molar-refractivity contribution < 1.29 is 10.2 Å². The Morgan fingerprint density at radius 2 is 1.85 bits per heavy atom. The van der Waals surface area contributed by atoms with Crippen molar-refractivity contribution in [1.29, 1.82) is 0 Å². The molecule has 0 spiro atoms. The van der Waals surface area contributed by atoms with E-state index in [1.165, 1.54) is 0 Å².